The Morgan fingerprint density at radius 2 is 1.21 bits per heavy atom. The van der Waals surface area contributed by atoms with Crippen molar-refractivity contribution in [1.29, 1.82) is 0 Å². The van der Waals surface area contributed by atoms with Gasteiger partial charge in [-0.3, -0.25) is 4.98 Å². The highest BCUT2D eigenvalue weighted by Gasteiger charge is 2.43. The van der Waals surface area contributed by atoms with E-state index in [2.05, 4.69) is 107 Å². The summed E-state index contributed by atoms with van der Waals surface area (Å²) in [5.41, 5.74) is 10.5. The van der Waals surface area contributed by atoms with Crippen LogP contribution in [-0.2, 0) is 0 Å². The Morgan fingerprint density at radius 3 is 2.00 bits per heavy atom. The Bertz CT molecular complexity index is 1500. The smallest absolute Gasteiger partial charge is 0.432 e. The predicted octanol–water partition coefficient (Wildman–Crippen LogP) is 5.70. The van der Waals surface area contributed by atoms with E-state index >= 15 is 0 Å². The fourth-order valence-corrected chi connectivity index (χ4v) is 5.23. The molecule has 4 aromatic carbocycles. The molecule has 0 bridgehead atoms. The number of nitrogens with zero attached hydrogens (tertiary/aromatic N) is 2. The van der Waals surface area contributed by atoms with Gasteiger partial charge in [0, 0.05) is 45.9 Å². The zero-order chi connectivity index (χ0) is 21.8. The number of hydrogen-bond donors (Lipinski definition) is 0. The van der Waals surface area contributed by atoms with Gasteiger partial charge < -0.3 is 9.55 Å². The molecule has 0 saturated carbocycles. The Morgan fingerprint density at radius 1 is 0.576 bits per heavy atom. The molecule has 0 radical (unpaired) electrons. The molecule has 4 heteroatoms. The van der Waals surface area contributed by atoms with Crippen LogP contribution >= 0.6 is 0 Å². The SMILES string of the molecule is c1ccc(N2c3cccc(-c4ccncc4)c3B3Oc4ccccc4-c4cccc2c43)cc1. The van der Waals surface area contributed by atoms with Gasteiger partial charge in [-0.1, -0.05) is 60.7 Å². The second-order valence-electron chi connectivity index (χ2n) is 8.38. The van der Waals surface area contributed by atoms with Crippen molar-refractivity contribution < 1.29 is 4.65 Å². The highest BCUT2D eigenvalue weighted by atomic mass is 16.4. The molecule has 2 aliphatic rings. The average Bonchev–Trinajstić information content (AvgIpc) is 2.89. The van der Waals surface area contributed by atoms with E-state index in [1.165, 1.54) is 22.1 Å². The predicted molar refractivity (Wildman–Crippen MR) is 135 cm³/mol. The van der Waals surface area contributed by atoms with Crippen LogP contribution in [-0.4, -0.2) is 11.9 Å². The van der Waals surface area contributed by atoms with Crippen LogP contribution in [0.4, 0.5) is 17.1 Å². The molecule has 3 nitrogen and oxygen atoms in total. The lowest BCUT2D eigenvalue weighted by molar-refractivity contribution is 0.590. The van der Waals surface area contributed by atoms with E-state index in [-0.39, 0.29) is 6.92 Å². The fraction of sp³-hybridized carbons (Fsp3) is 0. The molecule has 0 saturated heterocycles. The largest absolute Gasteiger partial charge is 0.551 e. The molecule has 33 heavy (non-hydrogen) atoms. The third kappa shape index (κ3) is 2.67. The van der Waals surface area contributed by atoms with Gasteiger partial charge >= 0.3 is 6.92 Å². The Kier molecular flexibility index (Phi) is 3.94. The summed E-state index contributed by atoms with van der Waals surface area (Å²) < 4.78 is 6.77. The summed E-state index contributed by atoms with van der Waals surface area (Å²) in [6, 6.07) is 36.2. The van der Waals surface area contributed by atoms with E-state index in [1.807, 2.05) is 18.5 Å². The Hall–Kier alpha value is -4.31. The maximum Gasteiger partial charge on any atom is 0.432 e. The molecule has 0 unspecified atom stereocenters. The van der Waals surface area contributed by atoms with E-state index in [0.717, 1.165) is 33.9 Å². The second kappa shape index (κ2) is 7.11. The maximum absolute atomic E-state index is 6.77. The van der Waals surface area contributed by atoms with Crippen molar-refractivity contribution in [2.45, 2.75) is 0 Å². The van der Waals surface area contributed by atoms with Crippen LogP contribution in [0.3, 0.4) is 0 Å². The first-order valence-electron chi connectivity index (χ1n) is 11.2. The van der Waals surface area contributed by atoms with Crippen LogP contribution in [0, 0.1) is 0 Å². The lowest BCUT2D eigenvalue weighted by Crippen LogP contribution is -2.56. The first-order chi connectivity index (χ1) is 16.4. The third-order valence-electron chi connectivity index (χ3n) is 6.60. The third-order valence-corrected chi connectivity index (χ3v) is 6.60. The first kappa shape index (κ1) is 18.3. The van der Waals surface area contributed by atoms with Crippen LogP contribution in [0.2, 0.25) is 0 Å². The van der Waals surface area contributed by atoms with Crippen molar-refractivity contribution >= 4 is 34.9 Å². The Labute approximate surface area is 193 Å². The van der Waals surface area contributed by atoms with Gasteiger partial charge in [-0.25, -0.2) is 0 Å². The number of para-hydroxylation sites is 2. The van der Waals surface area contributed by atoms with E-state index < -0.39 is 0 Å². The molecule has 0 aliphatic carbocycles. The van der Waals surface area contributed by atoms with Gasteiger partial charge in [0.05, 0.1) is 0 Å². The van der Waals surface area contributed by atoms with Crippen molar-refractivity contribution in [1.82, 2.24) is 4.98 Å². The van der Waals surface area contributed by atoms with E-state index in [9.17, 15) is 0 Å². The number of benzene rings is 4. The maximum atomic E-state index is 6.77. The summed E-state index contributed by atoms with van der Waals surface area (Å²) in [4.78, 5) is 6.60. The van der Waals surface area contributed by atoms with E-state index in [0.29, 0.717) is 0 Å². The van der Waals surface area contributed by atoms with Crippen LogP contribution in [0.15, 0.2) is 116 Å². The molecule has 0 atom stereocenters. The van der Waals surface area contributed by atoms with Crippen molar-refractivity contribution in [3.05, 3.63) is 116 Å². The fourth-order valence-electron chi connectivity index (χ4n) is 5.23. The van der Waals surface area contributed by atoms with Gasteiger partial charge in [0.2, 0.25) is 0 Å². The summed E-state index contributed by atoms with van der Waals surface area (Å²) in [5, 5.41) is 0. The van der Waals surface area contributed by atoms with E-state index in [1.54, 1.807) is 0 Å². The highest BCUT2D eigenvalue weighted by Crippen LogP contribution is 2.43. The lowest BCUT2D eigenvalue weighted by Gasteiger charge is -2.40. The topological polar surface area (TPSA) is 25.4 Å². The van der Waals surface area contributed by atoms with Crippen LogP contribution < -0.4 is 20.5 Å². The molecule has 0 amide bonds. The number of fused-ring (bicyclic) bond motifs is 4. The van der Waals surface area contributed by atoms with E-state index in [4.69, 9.17) is 4.65 Å². The molecular weight excluding hydrogens is 403 g/mol. The zero-order valence-corrected chi connectivity index (χ0v) is 17.8. The normalized spacial score (nSPS) is 13.0. The standard InChI is InChI=1S/C29H19BN2O/c1-2-8-21(9-3-1)32-25-13-6-11-22(20-16-18-31-19-17-20)28(25)30-29-24(12-7-14-26(29)32)23-10-4-5-15-27(23)33-30/h1-19H. The summed E-state index contributed by atoms with van der Waals surface area (Å²) in [6.45, 7) is -0.189. The molecule has 2 aliphatic heterocycles. The van der Waals surface area contributed by atoms with Gasteiger partial charge in [-0.15, -0.1) is 0 Å². The minimum Gasteiger partial charge on any atom is -0.551 e. The average molecular weight is 422 g/mol. The first-order valence-corrected chi connectivity index (χ1v) is 11.2. The van der Waals surface area contributed by atoms with Crippen molar-refractivity contribution in [2.24, 2.45) is 0 Å². The molecule has 1 aromatic heterocycles. The lowest BCUT2D eigenvalue weighted by atomic mass is 9.48. The van der Waals surface area contributed by atoms with Crippen molar-refractivity contribution in [3.8, 4) is 28.0 Å². The van der Waals surface area contributed by atoms with Crippen LogP contribution in [0.25, 0.3) is 22.3 Å². The highest BCUT2D eigenvalue weighted by molar-refractivity contribution is 6.86. The van der Waals surface area contributed by atoms with Crippen molar-refractivity contribution in [3.63, 3.8) is 0 Å². The number of aromatic nitrogens is 1. The van der Waals surface area contributed by atoms with Crippen LogP contribution in [0.5, 0.6) is 5.75 Å². The van der Waals surface area contributed by atoms with Crippen LogP contribution in [0.1, 0.15) is 0 Å². The quantitative estimate of drug-likeness (QED) is 0.342. The van der Waals surface area contributed by atoms with Gasteiger partial charge in [-0.05, 0) is 59.2 Å². The molecule has 7 rings (SSSR count). The molecule has 5 aromatic rings. The molecule has 154 valence electrons. The molecular formula is C29H19BN2O. The summed E-state index contributed by atoms with van der Waals surface area (Å²) >= 11 is 0. The molecule has 0 spiro atoms. The Balaban J connectivity index is 1.59. The second-order valence-corrected chi connectivity index (χ2v) is 8.38. The van der Waals surface area contributed by atoms with Gasteiger partial charge in [0.1, 0.15) is 5.75 Å². The summed E-state index contributed by atoms with van der Waals surface area (Å²) in [6.07, 6.45) is 3.70. The molecule has 3 heterocycles. The van der Waals surface area contributed by atoms with Gasteiger partial charge in [-0.2, -0.15) is 0 Å². The zero-order valence-electron chi connectivity index (χ0n) is 17.8. The van der Waals surface area contributed by atoms with Crippen molar-refractivity contribution in [2.75, 3.05) is 4.90 Å². The summed E-state index contributed by atoms with van der Waals surface area (Å²) in [5.74, 6) is 0.927. The number of rotatable bonds is 2. The van der Waals surface area contributed by atoms with Gasteiger partial charge in [0.15, 0.2) is 0 Å². The monoisotopic (exact) mass is 422 g/mol. The molecule has 0 N–H and O–H groups in total. The number of hydrogen-bond acceptors (Lipinski definition) is 3. The molecule has 0 fully saturated rings. The minimum atomic E-state index is -0.189. The number of pyridine rings is 1. The summed E-state index contributed by atoms with van der Waals surface area (Å²) in [7, 11) is 0. The van der Waals surface area contributed by atoms with Gasteiger partial charge in [0.25, 0.3) is 0 Å². The minimum absolute atomic E-state index is 0.189. The number of anilines is 3.